The zero-order valence-electron chi connectivity index (χ0n) is 10.4. The molecule has 2 rings (SSSR count). The van der Waals surface area contributed by atoms with Crippen molar-refractivity contribution in [1.82, 2.24) is 10.2 Å². The molecule has 0 saturated carbocycles. The van der Waals surface area contributed by atoms with E-state index in [9.17, 15) is 9.90 Å². The fraction of sp³-hybridized carbons (Fsp3) is 0.0833. The molecule has 0 aliphatic heterocycles. The van der Waals surface area contributed by atoms with Gasteiger partial charge in [-0.2, -0.15) is 10.2 Å². The highest BCUT2D eigenvalue weighted by molar-refractivity contribution is 6.32. The number of aromatic amines is 1. The number of phenolic OH excluding ortho intramolecular Hbond substituents is 1. The van der Waals surface area contributed by atoms with Crippen LogP contribution in [0.15, 0.2) is 34.3 Å². The normalized spacial score (nSPS) is 10.7. The zero-order chi connectivity index (χ0) is 14.5. The number of H-pyrrole nitrogens is 1. The number of benzene rings is 1. The summed E-state index contributed by atoms with van der Waals surface area (Å²) in [5.74, 6) is 0.306. The van der Waals surface area contributed by atoms with Crippen molar-refractivity contribution < 1.29 is 9.84 Å². The molecule has 1 aromatic heterocycles. The predicted octanol–water partition coefficient (Wildman–Crippen LogP) is 1.58. The van der Waals surface area contributed by atoms with Crippen LogP contribution in [-0.2, 0) is 0 Å². The lowest BCUT2D eigenvalue weighted by atomic mass is 10.2. The van der Waals surface area contributed by atoms with Crippen molar-refractivity contribution in [3.8, 4) is 11.5 Å². The first-order valence-corrected chi connectivity index (χ1v) is 5.89. The van der Waals surface area contributed by atoms with E-state index in [0.717, 1.165) is 0 Å². The van der Waals surface area contributed by atoms with Crippen molar-refractivity contribution in [2.45, 2.75) is 0 Å². The summed E-state index contributed by atoms with van der Waals surface area (Å²) in [6, 6.07) is 4.99. The molecule has 20 heavy (non-hydrogen) atoms. The maximum atomic E-state index is 11.2. The van der Waals surface area contributed by atoms with E-state index in [0.29, 0.717) is 11.3 Å². The minimum Gasteiger partial charge on any atom is -0.504 e. The molecule has 3 N–H and O–H groups in total. The third-order valence-corrected chi connectivity index (χ3v) is 2.81. The molecular formula is C12H11ClN4O3. The molecule has 0 unspecified atom stereocenters. The Morgan fingerprint density at radius 3 is 3.10 bits per heavy atom. The van der Waals surface area contributed by atoms with Crippen molar-refractivity contribution in [3.63, 3.8) is 0 Å². The van der Waals surface area contributed by atoms with Gasteiger partial charge < -0.3 is 9.84 Å². The van der Waals surface area contributed by atoms with Gasteiger partial charge >= 0.3 is 0 Å². The van der Waals surface area contributed by atoms with Crippen LogP contribution in [0.2, 0.25) is 5.02 Å². The molecule has 0 aliphatic carbocycles. The lowest BCUT2D eigenvalue weighted by Crippen LogP contribution is -2.10. The Hall–Kier alpha value is -2.54. The van der Waals surface area contributed by atoms with Gasteiger partial charge in [0.15, 0.2) is 11.5 Å². The van der Waals surface area contributed by atoms with Crippen LogP contribution in [0.4, 0.5) is 5.69 Å². The molecule has 0 fully saturated rings. The highest BCUT2D eigenvalue weighted by Gasteiger charge is 2.05. The van der Waals surface area contributed by atoms with E-state index in [4.69, 9.17) is 16.3 Å². The average Bonchev–Trinajstić information content (AvgIpc) is 2.45. The number of aromatic nitrogens is 2. The Morgan fingerprint density at radius 2 is 2.35 bits per heavy atom. The molecule has 0 saturated heterocycles. The summed E-state index contributed by atoms with van der Waals surface area (Å²) in [7, 11) is 1.45. The third kappa shape index (κ3) is 2.89. The van der Waals surface area contributed by atoms with Crippen LogP contribution < -0.4 is 15.7 Å². The number of para-hydroxylation sites is 1. The van der Waals surface area contributed by atoms with E-state index in [-0.39, 0.29) is 16.5 Å². The van der Waals surface area contributed by atoms with E-state index in [1.165, 1.54) is 19.5 Å². The van der Waals surface area contributed by atoms with Gasteiger partial charge in [0, 0.05) is 5.56 Å². The van der Waals surface area contributed by atoms with Crippen molar-refractivity contribution >= 4 is 23.5 Å². The van der Waals surface area contributed by atoms with Crippen molar-refractivity contribution in [1.29, 1.82) is 0 Å². The molecule has 104 valence electrons. The smallest absolute Gasteiger partial charge is 0.285 e. The minimum atomic E-state index is -0.518. The number of nitrogens with zero attached hydrogens (tertiary/aromatic N) is 2. The topological polar surface area (TPSA) is 99.6 Å². The van der Waals surface area contributed by atoms with Crippen molar-refractivity contribution in [2.75, 3.05) is 12.5 Å². The summed E-state index contributed by atoms with van der Waals surface area (Å²) in [6.07, 6.45) is 2.70. The molecule has 0 amide bonds. The summed E-state index contributed by atoms with van der Waals surface area (Å²) in [6.45, 7) is 0. The number of halogens is 1. The second-order valence-corrected chi connectivity index (χ2v) is 4.07. The highest BCUT2D eigenvalue weighted by Crippen LogP contribution is 2.28. The SMILES string of the molecule is COc1cccc(/C=N/Nc2cn[nH]c(=O)c2Cl)c1O. The van der Waals surface area contributed by atoms with Crippen molar-refractivity contribution in [2.24, 2.45) is 5.10 Å². The molecule has 0 aliphatic rings. The Bertz CT molecular complexity index is 699. The van der Waals surface area contributed by atoms with E-state index < -0.39 is 5.56 Å². The van der Waals surface area contributed by atoms with Gasteiger partial charge in [0.05, 0.1) is 19.5 Å². The van der Waals surface area contributed by atoms with Gasteiger partial charge in [0.2, 0.25) is 0 Å². The second-order valence-electron chi connectivity index (χ2n) is 3.69. The molecule has 0 bridgehead atoms. The fourth-order valence-corrected chi connectivity index (χ4v) is 1.57. The Labute approximate surface area is 118 Å². The first kappa shape index (κ1) is 13.9. The van der Waals surface area contributed by atoms with E-state index in [1.807, 2.05) is 0 Å². The minimum absolute atomic E-state index is 0.0318. The molecule has 8 heteroatoms. The zero-order valence-corrected chi connectivity index (χ0v) is 11.2. The number of nitrogens with one attached hydrogen (secondary N) is 2. The van der Waals surface area contributed by atoms with Gasteiger partial charge in [0.1, 0.15) is 10.7 Å². The molecule has 2 aromatic rings. The first-order valence-electron chi connectivity index (χ1n) is 5.51. The molecular weight excluding hydrogens is 284 g/mol. The second kappa shape index (κ2) is 6.07. The van der Waals surface area contributed by atoms with Crippen LogP contribution in [0.5, 0.6) is 11.5 Å². The number of phenols is 1. The van der Waals surface area contributed by atoms with Gasteiger partial charge in [0.25, 0.3) is 5.56 Å². The lowest BCUT2D eigenvalue weighted by Gasteiger charge is -2.05. The summed E-state index contributed by atoms with van der Waals surface area (Å²) < 4.78 is 4.98. The van der Waals surface area contributed by atoms with Gasteiger partial charge in [-0.25, -0.2) is 5.10 Å². The first-order chi connectivity index (χ1) is 9.63. The lowest BCUT2D eigenvalue weighted by molar-refractivity contribution is 0.373. The fourth-order valence-electron chi connectivity index (χ4n) is 1.44. The molecule has 1 heterocycles. The predicted molar refractivity (Wildman–Crippen MR) is 75.7 cm³/mol. The standard InChI is InChI=1S/C12H11ClN4O3/c1-20-9-4-2-3-7(11(9)18)5-14-16-8-6-15-17-12(19)10(8)13/h2-6,18H,1H3,(H2,16,17,19)/b14-5+. The third-order valence-electron chi connectivity index (χ3n) is 2.43. The van der Waals surface area contributed by atoms with Crippen LogP contribution >= 0.6 is 11.6 Å². The van der Waals surface area contributed by atoms with Crippen LogP contribution in [0.25, 0.3) is 0 Å². The molecule has 0 radical (unpaired) electrons. The van der Waals surface area contributed by atoms with Gasteiger partial charge in [-0.05, 0) is 12.1 Å². The summed E-state index contributed by atoms with van der Waals surface area (Å²) in [5.41, 5.74) is 2.76. The number of ether oxygens (including phenoxy) is 1. The number of hydrazone groups is 1. The Morgan fingerprint density at radius 1 is 1.55 bits per heavy atom. The Balaban J connectivity index is 2.19. The van der Waals surface area contributed by atoms with Gasteiger partial charge in [-0.15, -0.1) is 0 Å². The maximum absolute atomic E-state index is 11.2. The van der Waals surface area contributed by atoms with Gasteiger partial charge in [-0.3, -0.25) is 10.2 Å². The maximum Gasteiger partial charge on any atom is 0.285 e. The number of methoxy groups -OCH3 is 1. The van der Waals surface area contributed by atoms with E-state index in [1.54, 1.807) is 18.2 Å². The highest BCUT2D eigenvalue weighted by atomic mass is 35.5. The average molecular weight is 295 g/mol. The molecule has 7 nitrogen and oxygen atoms in total. The van der Waals surface area contributed by atoms with Gasteiger partial charge in [-0.1, -0.05) is 17.7 Å². The Kier molecular flexibility index (Phi) is 4.21. The monoisotopic (exact) mass is 294 g/mol. The van der Waals surface area contributed by atoms with Crippen LogP contribution in [0.1, 0.15) is 5.56 Å². The molecule has 1 aromatic carbocycles. The van der Waals surface area contributed by atoms with E-state index >= 15 is 0 Å². The van der Waals surface area contributed by atoms with Crippen LogP contribution in [-0.4, -0.2) is 28.6 Å². The van der Waals surface area contributed by atoms with Crippen molar-refractivity contribution in [3.05, 3.63) is 45.3 Å². The number of hydrogen-bond acceptors (Lipinski definition) is 6. The largest absolute Gasteiger partial charge is 0.504 e. The number of anilines is 1. The molecule has 0 atom stereocenters. The van der Waals surface area contributed by atoms with Crippen LogP contribution in [0.3, 0.4) is 0 Å². The van der Waals surface area contributed by atoms with E-state index in [2.05, 4.69) is 20.7 Å². The molecule has 0 spiro atoms. The number of hydrogen-bond donors (Lipinski definition) is 3. The quantitative estimate of drug-likeness (QED) is 0.587. The number of aromatic hydroxyl groups is 1. The summed E-state index contributed by atoms with van der Waals surface area (Å²) >= 11 is 5.76. The number of rotatable bonds is 4. The summed E-state index contributed by atoms with van der Waals surface area (Å²) in [5, 5.41) is 19.5. The summed E-state index contributed by atoms with van der Waals surface area (Å²) in [4.78, 5) is 11.2. The van der Waals surface area contributed by atoms with Crippen LogP contribution in [0, 0.1) is 0 Å².